The minimum absolute atomic E-state index is 0.0668. The molecule has 1 aliphatic heterocycles. The van der Waals surface area contributed by atoms with Crippen LogP contribution in [0.5, 0.6) is 0 Å². The van der Waals surface area contributed by atoms with E-state index < -0.39 is 0 Å². The van der Waals surface area contributed by atoms with Crippen LogP contribution in [-0.2, 0) is 26.6 Å². The standard InChI is InChI=1S/C23H19N5O/c1-27-12-20(11-26-27)23(29)7-4-17-8-19-13-28(15-25)14-22(19)21(9-17)18-5-2-16(10-24)3-6-18/h2-3,5-6,8-9,11-12H,4,7,13-14H2,1H3. The Balaban J connectivity index is 1.64. The summed E-state index contributed by atoms with van der Waals surface area (Å²) in [5.74, 6) is 0.0668. The number of nitriles is 2. The van der Waals surface area contributed by atoms with Crippen molar-refractivity contribution in [2.75, 3.05) is 0 Å². The van der Waals surface area contributed by atoms with Gasteiger partial charge in [0.1, 0.15) is 0 Å². The fraction of sp³-hybridized carbons (Fsp3) is 0.217. The van der Waals surface area contributed by atoms with Crippen molar-refractivity contribution in [3.8, 4) is 23.4 Å². The van der Waals surface area contributed by atoms with E-state index in [9.17, 15) is 10.1 Å². The lowest BCUT2D eigenvalue weighted by Crippen LogP contribution is -2.07. The van der Waals surface area contributed by atoms with Crippen LogP contribution < -0.4 is 0 Å². The number of aryl methyl sites for hydroxylation is 2. The normalized spacial score (nSPS) is 12.3. The third-order valence-electron chi connectivity index (χ3n) is 5.25. The number of benzene rings is 2. The quantitative estimate of drug-likeness (QED) is 0.498. The van der Waals surface area contributed by atoms with Crippen LogP contribution in [0, 0.1) is 22.8 Å². The molecule has 2 aromatic carbocycles. The second kappa shape index (κ2) is 7.61. The molecule has 2 heterocycles. The molecule has 0 atom stereocenters. The monoisotopic (exact) mass is 381 g/mol. The van der Waals surface area contributed by atoms with Gasteiger partial charge in [-0.2, -0.15) is 15.6 Å². The molecule has 0 radical (unpaired) electrons. The maximum Gasteiger partial charge on any atom is 0.179 e. The van der Waals surface area contributed by atoms with Crippen LogP contribution in [0.1, 0.15) is 39.0 Å². The van der Waals surface area contributed by atoms with Crippen LogP contribution in [0.3, 0.4) is 0 Å². The molecular formula is C23H19N5O. The molecule has 4 rings (SSSR count). The number of hydrogen-bond donors (Lipinski definition) is 0. The molecule has 0 bridgehead atoms. The molecule has 0 unspecified atom stereocenters. The Labute approximate surface area is 169 Å². The molecule has 0 spiro atoms. The predicted molar refractivity (Wildman–Crippen MR) is 107 cm³/mol. The average molecular weight is 381 g/mol. The molecule has 0 saturated carbocycles. The van der Waals surface area contributed by atoms with Gasteiger partial charge in [0.05, 0.1) is 36.5 Å². The fourth-order valence-electron chi connectivity index (χ4n) is 3.74. The summed E-state index contributed by atoms with van der Waals surface area (Å²) in [6.07, 6.45) is 6.58. The minimum Gasteiger partial charge on any atom is -0.302 e. The third-order valence-corrected chi connectivity index (χ3v) is 5.25. The van der Waals surface area contributed by atoms with E-state index in [2.05, 4.69) is 29.5 Å². The number of nitrogens with zero attached hydrogens (tertiary/aromatic N) is 5. The summed E-state index contributed by atoms with van der Waals surface area (Å²) in [4.78, 5) is 14.2. The first-order chi connectivity index (χ1) is 14.1. The number of ketones is 1. The average Bonchev–Trinajstić information content (AvgIpc) is 3.37. The second-order valence-corrected chi connectivity index (χ2v) is 7.25. The van der Waals surface area contributed by atoms with Gasteiger partial charge in [0.2, 0.25) is 0 Å². The lowest BCUT2D eigenvalue weighted by molar-refractivity contribution is 0.0982. The van der Waals surface area contributed by atoms with E-state index in [1.54, 1.807) is 41.2 Å². The van der Waals surface area contributed by atoms with E-state index in [4.69, 9.17) is 5.26 Å². The zero-order valence-corrected chi connectivity index (χ0v) is 16.1. The van der Waals surface area contributed by atoms with Crippen molar-refractivity contribution in [1.29, 1.82) is 10.5 Å². The summed E-state index contributed by atoms with van der Waals surface area (Å²) in [5.41, 5.74) is 6.64. The molecule has 0 aliphatic carbocycles. The molecule has 6 heteroatoms. The zero-order valence-electron chi connectivity index (χ0n) is 16.1. The molecule has 3 aromatic rings. The number of hydrogen-bond acceptors (Lipinski definition) is 5. The van der Waals surface area contributed by atoms with Gasteiger partial charge in [0, 0.05) is 19.7 Å². The van der Waals surface area contributed by atoms with E-state index >= 15 is 0 Å². The van der Waals surface area contributed by atoms with Crippen molar-refractivity contribution in [2.45, 2.75) is 25.9 Å². The maximum absolute atomic E-state index is 12.5. The number of carbonyl (C=O) groups excluding carboxylic acids is 1. The van der Waals surface area contributed by atoms with Gasteiger partial charge in [0.25, 0.3) is 0 Å². The molecule has 1 aliphatic rings. The molecule has 1 aromatic heterocycles. The van der Waals surface area contributed by atoms with Gasteiger partial charge in [-0.05, 0) is 46.4 Å². The van der Waals surface area contributed by atoms with Gasteiger partial charge >= 0.3 is 0 Å². The largest absolute Gasteiger partial charge is 0.302 e. The Kier molecular flexibility index (Phi) is 4.85. The first kappa shape index (κ1) is 18.5. The molecule has 0 N–H and O–H groups in total. The Morgan fingerprint density at radius 3 is 2.62 bits per heavy atom. The van der Waals surface area contributed by atoms with Crippen molar-refractivity contribution < 1.29 is 4.79 Å². The van der Waals surface area contributed by atoms with Crippen molar-refractivity contribution >= 4 is 5.78 Å². The molecule has 0 amide bonds. The Morgan fingerprint density at radius 1 is 1.17 bits per heavy atom. The van der Waals surface area contributed by atoms with Crippen molar-refractivity contribution in [3.05, 3.63) is 76.6 Å². The van der Waals surface area contributed by atoms with Crippen molar-refractivity contribution in [1.82, 2.24) is 14.7 Å². The Bertz CT molecular complexity index is 1160. The van der Waals surface area contributed by atoms with Crippen molar-refractivity contribution in [3.63, 3.8) is 0 Å². The maximum atomic E-state index is 12.5. The number of carbonyl (C=O) groups is 1. The molecule has 142 valence electrons. The van der Waals surface area contributed by atoms with Crippen molar-refractivity contribution in [2.24, 2.45) is 7.05 Å². The van der Waals surface area contributed by atoms with E-state index in [-0.39, 0.29) is 5.78 Å². The molecule has 29 heavy (non-hydrogen) atoms. The number of rotatable bonds is 5. The van der Waals surface area contributed by atoms with Crippen LogP contribution >= 0.6 is 0 Å². The molecule has 0 saturated heterocycles. The highest BCUT2D eigenvalue weighted by atomic mass is 16.1. The second-order valence-electron chi connectivity index (χ2n) is 7.25. The van der Waals surface area contributed by atoms with Crippen LogP contribution in [0.4, 0.5) is 0 Å². The topological polar surface area (TPSA) is 85.7 Å². The van der Waals surface area contributed by atoms with Gasteiger partial charge in [0.15, 0.2) is 12.0 Å². The summed E-state index contributed by atoms with van der Waals surface area (Å²) < 4.78 is 1.63. The predicted octanol–water partition coefficient (Wildman–Crippen LogP) is 3.57. The lowest BCUT2D eigenvalue weighted by atomic mass is 9.92. The van der Waals surface area contributed by atoms with Crippen LogP contribution in [-0.4, -0.2) is 20.5 Å². The van der Waals surface area contributed by atoms with E-state index in [0.717, 1.165) is 27.8 Å². The van der Waals surface area contributed by atoms with E-state index in [1.165, 1.54) is 0 Å². The minimum atomic E-state index is 0.0668. The van der Waals surface area contributed by atoms with Gasteiger partial charge in [-0.3, -0.25) is 9.48 Å². The summed E-state index contributed by atoms with van der Waals surface area (Å²) >= 11 is 0. The summed E-state index contributed by atoms with van der Waals surface area (Å²) in [6, 6.07) is 13.8. The number of fused-ring (bicyclic) bond motifs is 1. The summed E-state index contributed by atoms with van der Waals surface area (Å²) in [6.45, 7) is 1.16. The van der Waals surface area contributed by atoms with Gasteiger partial charge in [-0.25, -0.2) is 0 Å². The van der Waals surface area contributed by atoms with Gasteiger partial charge in [-0.15, -0.1) is 0 Å². The Hall–Kier alpha value is -3.90. The van der Waals surface area contributed by atoms with Gasteiger partial charge < -0.3 is 4.90 Å². The fourth-order valence-corrected chi connectivity index (χ4v) is 3.74. The first-order valence-electron chi connectivity index (χ1n) is 9.39. The molecule has 6 nitrogen and oxygen atoms in total. The highest BCUT2D eigenvalue weighted by molar-refractivity contribution is 5.95. The Morgan fingerprint density at radius 2 is 1.97 bits per heavy atom. The number of Topliss-reactive ketones (excluding diaryl/α,β-unsaturated/α-hetero) is 1. The zero-order chi connectivity index (χ0) is 20.4. The van der Waals surface area contributed by atoms with E-state index in [0.29, 0.717) is 37.1 Å². The SMILES string of the molecule is Cn1cc(C(=O)CCc2cc3c(c(-c4ccc(C#N)cc4)c2)CN(C#N)C3)cn1. The van der Waals surface area contributed by atoms with Crippen LogP contribution in [0.15, 0.2) is 48.8 Å². The van der Waals surface area contributed by atoms with Crippen LogP contribution in [0.2, 0.25) is 0 Å². The molecular weight excluding hydrogens is 362 g/mol. The highest BCUT2D eigenvalue weighted by Crippen LogP contribution is 2.34. The lowest BCUT2D eigenvalue weighted by Gasteiger charge is -2.12. The first-order valence-corrected chi connectivity index (χ1v) is 9.39. The number of aromatic nitrogens is 2. The third kappa shape index (κ3) is 3.74. The van der Waals surface area contributed by atoms with E-state index in [1.807, 2.05) is 12.1 Å². The van der Waals surface area contributed by atoms with Crippen LogP contribution in [0.25, 0.3) is 11.1 Å². The summed E-state index contributed by atoms with van der Waals surface area (Å²) in [7, 11) is 1.79. The van der Waals surface area contributed by atoms with Gasteiger partial charge in [-0.1, -0.05) is 24.3 Å². The molecule has 0 fully saturated rings. The summed E-state index contributed by atoms with van der Waals surface area (Å²) in [5, 5.41) is 22.4. The smallest absolute Gasteiger partial charge is 0.179 e. The highest BCUT2D eigenvalue weighted by Gasteiger charge is 2.23.